The summed E-state index contributed by atoms with van der Waals surface area (Å²) in [5.41, 5.74) is 0. The molecule has 0 fully saturated rings. The third-order valence-corrected chi connectivity index (χ3v) is 0.743. The molecule has 0 heterocycles. The van der Waals surface area contributed by atoms with Crippen molar-refractivity contribution >= 4 is 0 Å². The summed E-state index contributed by atoms with van der Waals surface area (Å²) in [6, 6.07) is 0. The van der Waals surface area contributed by atoms with Gasteiger partial charge in [-0.15, -0.1) is 6.42 Å². The van der Waals surface area contributed by atoms with Crippen molar-refractivity contribution in [2.45, 2.75) is 26.2 Å². The van der Waals surface area contributed by atoms with Crippen LogP contribution in [-0.4, -0.2) is 0 Å². The summed E-state index contributed by atoms with van der Waals surface area (Å²) in [5, 5.41) is 0. The van der Waals surface area contributed by atoms with Crippen molar-refractivity contribution in [1.82, 2.24) is 0 Å². The van der Waals surface area contributed by atoms with Crippen LogP contribution in [-0.2, 0) is 0 Å². The Bertz CT molecular complexity index is 16.3. The molecule has 0 N–H and O–H groups in total. The molecular weight excluding hydrogens is 123 g/mol. The summed E-state index contributed by atoms with van der Waals surface area (Å²) in [6.07, 6.45) is 5.72. The van der Waals surface area contributed by atoms with Crippen LogP contribution in [0, 0.1) is 20.8 Å². The molecule has 46 valence electrons. The third kappa shape index (κ3) is 15.6. The van der Waals surface area contributed by atoms with Crippen molar-refractivity contribution in [1.29, 1.82) is 0 Å². The first-order chi connectivity index (χ1) is 2.91. The van der Waals surface area contributed by atoms with Gasteiger partial charge < -0.3 is 20.8 Å². The Hall–Kier alpha value is 1.64. The van der Waals surface area contributed by atoms with Crippen LogP contribution in [0.25, 0.3) is 0 Å². The van der Waals surface area contributed by atoms with Crippen LogP contribution in [0.1, 0.15) is 26.2 Å². The van der Waals surface area contributed by atoms with Crippen LogP contribution in [0.5, 0.6) is 0 Å². The fraction of sp³-hybridized carbons (Fsp3) is 0.571. The van der Waals surface area contributed by atoms with Crippen LogP contribution in [0.3, 0.4) is 0 Å². The van der Waals surface area contributed by atoms with Gasteiger partial charge in [0.2, 0.25) is 0 Å². The first-order valence-corrected chi connectivity index (χ1v) is 2.49. The molecule has 0 unspecified atom stereocenters. The molecule has 0 rings (SSSR count). The van der Waals surface area contributed by atoms with E-state index in [2.05, 4.69) is 20.3 Å². The molecule has 0 aliphatic heterocycles. The van der Waals surface area contributed by atoms with E-state index in [9.17, 15) is 0 Å². The molecule has 0 radical (unpaired) electrons. The van der Waals surface area contributed by atoms with E-state index in [1.54, 1.807) is 0 Å². The topological polar surface area (TPSA) is 0 Å². The number of unbranched alkanes of at least 4 members (excludes halogenated alkanes) is 3. The van der Waals surface area contributed by atoms with Gasteiger partial charge in [0, 0.05) is 0 Å². The maximum absolute atomic E-state index is 3.70. The Morgan fingerprint density at radius 2 is 2.00 bits per heavy atom. The van der Waals surface area contributed by atoms with Crippen LogP contribution < -0.4 is 51.4 Å². The first-order valence-electron chi connectivity index (χ1n) is 2.49. The molecule has 0 saturated carbocycles. The summed E-state index contributed by atoms with van der Waals surface area (Å²) in [6.45, 7) is 5.78. The van der Waals surface area contributed by atoms with Gasteiger partial charge in [-0.2, -0.15) is 19.8 Å². The molecular formula is C7H15K-2. The van der Waals surface area contributed by atoms with E-state index in [4.69, 9.17) is 0 Å². The fourth-order valence-electron chi connectivity index (χ4n) is 0.348. The zero-order valence-corrected chi connectivity index (χ0v) is 9.53. The summed E-state index contributed by atoms with van der Waals surface area (Å²) >= 11 is 0. The van der Waals surface area contributed by atoms with Crippen molar-refractivity contribution < 1.29 is 51.4 Å². The Balaban J connectivity index is -0.000000125. The van der Waals surface area contributed by atoms with Gasteiger partial charge in [0.25, 0.3) is 0 Å². The molecule has 0 aliphatic carbocycles. The summed E-state index contributed by atoms with van der Waals surface area (Å²) in [4.78, 5) is 0. The number of rotatable bonds is 3. The summed E-state index contributed by atoms with van der Waals surface area (Å²) in [7, 11) is 0. The van der Waals surface area contributed by atoms with E-state index in [1.165, 1.54) is 12.8 Å². The smallest absolute Gasteiger partial charge is 0.358 e. The van der Waals surface area contributed by atoms with Crippen LogP contribution in [0.2, 0.25) is 0 Å². The summed E-state index contributed by atoms with van der Waals surface area (Å²) < 4.78 is 0. The predicted molar refractivity (Wildman–Crippen MR) is 35.6 cm³/mol. The quantitative estimate of drug-likeness (QED) is 0.285. The van der Waals surface area contributed by atoms with Crippen molar-refractivity contribution in [2.24, 2.45) is 0 Å². The molecule has 8 heavy (non-hydrogen) atoms. The minimum Gasteiger partial charge on any atom is -0.358 e. The van der Waals surface area contributed by atoms with E-state index in [0.717, 1.165) is 6.42 Å². The predicted octanol–water partition coefficient (Wildman–Crippen LogP) is -0.331. The molecule has 1 heteroatoms. The maximum Gasteiger partial charge on any atom is 1.00 e. The second kappa shape index (κ2) is 15.9. The third-order valence-electron chi connectivity index (χ3n) is 0.743. The molecule has 0 aromatic carbocycles. The van der Waals surface area contributed by atoms with Gasteiger partial charge in [-0.25, -0.2) is 0 Å². The Kier molecular flexibility index (Phi) is 32.3. The van der Waals surface area contributed by atoms with Gasteiger partial charge in [0.1, 0.15) is 0 Å². The van der Waals surface area contributed by atoms with Crippen molar-refractivity contribution in [2.75, 3.05) is 0 Å². The maximum atomic E-state index is 3.70. The molecule has 0 amide bonds. The van der Waals surface area contributed by atoms with Gasteiger partial charge >= 0.3 is 51.4 Å². The molecule has 0 atom stereocenters. The Labute approximate surface area is 96.9 Å². The first kappa shape index (κ1) is 16.3. The monoisotopic (exact) mass is 138 g/mol. The van der Waals surface area contributed by atoms with Crippen molar-refractivity contribution in [3.05, 3.63) is 20.8 Å². The van der Waals surface area contributed by atoms with Gasteiger partial charge in [-0.3, -0.25) is 0 Å². The molecule has 0 nitrogen and oxygen atoms in total. The molecule has 0 aromatic heterocycles. The van der Waals surface area contributed by atoms with E-state index >= 15 is 0 Å². The SMILES string of the molecule is [CH2-]CCC[CH-]C.[CH3-].[K+]. The number of hydrogen-bond donors (Lipinski definition) is 0. The fourth-order valence-corrected chi connectivity index (χ4v) is 0.348. The molecule has 0 spiro atoms. The average Bonchev–Trinajstić information content (AvgIpc) is 1.61. The van der Waals surface area contributed by atoms with Gasteiger partial charge in [0.05, 0.1) is 0 Å². The van der Waals surface area contributed by atoms with Crippen molar-refractivity contribution in [3.63, 3.8) is 0 Å². The minimum atomic E-state index is 0. The van der Waals surface area contributed by atoms with Crippen LogP contribution in [0.15, 0.2) is 0 Å². The Morgan fingerprint density at radius 1 is 1.50 bits per heavy atom. The van der Waals surface area contributed by atoms with Gasteiger partial charge in [0.15, 0.2) is 0 Å². The average molecular weight is 138 g/mol. The second-order valence-electron chi connectivity index (χ2n) is 1.40. The molecule has 0 bridgehead atoms. The van der Waals surface area contributed by atoms with Crippen molar-refractivity contribution in [3.8, 4) is 0 Å². The largest absolute Gasteiger partial charge is 1.00 e. The standard InChI is InChI=1S/C6H12.CH3.K/c1-3-5-6-4-2;;/h4H,1,3,5-6H2,2H3;1H3;/q-2;-1;+1. The Morgan fingerprint density at radius 3 is 2.12 bits per heavy atom. The van der Waals surface area contributed by atoms with E-state index in [0.29, 0.717) is 0 Å². The van der Waals surface area contributed by atoms with Gasteiger partial charge in [-0.1, -0.05) is 0 Å². The zero-order valence-electron chi connectivity index (χ0n) is 6.41. The second-order valence-corrected chi connectivity index (χ2v) is 1.40. The molecule has 0 saturated heterocycles. The zero-order chi connectivity index (χ0) is 4.83. The molecule has 0 aliphatic rings. The van der Waals surface area contributed by atoms with E-state index in [1.807, 2.05) is 0 Å². The number of hydrogen-bond acceptors (Lipinski definition) is 0. The van der Waals surface area contributed by atoms with Gasteiger partial charge in [-0.05, 0) is 0 Å². The normalized spacial score (nSPS) is 6.75. The molecule has 0 aromatic rings. The van der Waals surface area contributed by atoms with E-state index in [-0.39, 0.29) is 58.8 Å². The van der Waals surface area contributed by atoms with Crippen LogP contribution in [0.4, 0.5) is 0 Å². The summed E-state index contributed by atoms with van der Waals surface area (Å²) in [5.74, 6) is 0. The van der Waals surface area contributed by atoms with E-state index < -0.39 is 0 Å². The minimum absolute atomic E-state index is 0. The van der Waals surface area contributed by atoms with Crippen LogP contribution >= 0.6 is 0 Å².